The summed E-state index contributed by atoms with van der Waals surface area (Å²) in [5.74, 6) is 1.50. The number of furan rings is 1. The second kappa shape index (κ2) is 5.71. The Hall–Kier alpha value is -1.40. The zero-order valence-corrected chi connectivity index (χ0v) is 12.1. The van der Waals surface area contributed by atoms with Gasteiger partial charge in [0.1, 0.15) is 11.5 Å². The first kappa shape index (κ1) is 14.0. The average molecular weight is 281 g/mol. The van der Waals surface area contributed by atoms with Crippen LogP contribution in [0.1, 0.15) is 21.9 Å². The van der Waals surface area contributed by atoms with Gasteiger partial charge in [0, 0.05) is 32.7 Å². The molecule has 0 saturated carbocycles. The van der Waals surface area contributed by atoms with E-state index in [0.717, 1.165) is 18.8 Å². The van der Waals surface area contributed by atoms with Gasteiger partial charge in [0.05, 0.1) is 10.6 Å². The number of amides is 1. The van der Waals surface area contributed by atoms with Crippen molar-refractivity contribution in [1.29, 1.82) is 0 Å². The van der Waals surface area contributed by atoms with E-state index in [1.807, 2.05) is 18.7 Å². The highest BCUT2D eigenvalue weighted by atomic mass is 32.1. The fourth-order valence-corrected chi connectivity index (χ4v) is 2.53. The van der Waals surface area contributed by atoms with Gasteiger partial charge in [-0.2, -0.15) is 0 Å². The minimum Gasteiger partial charge on any atom is -0.466 e. The molecule has 104 valence electrons. The van der Waals surface area contributed by atoms with Crippen molar-refractivity contribution >= 4 is 23.1 Å². The normalized spacial score (nSPS) is 16.6. The van der Waals surface area contributed by atoms with Crippen molar-refractivity contribution in [2.45, 2.75) is 13.8 Å². The summed E-state index contributed by atoms with van der Waals surface area (Å²) in [5.41, 5.74) is 6.20. The van der Waals surface area contributed by atoms with Crippen LogP contribution in [0.4, 0.5) is 0 Å². The minimum absolute atomic E-state index is 0.0457. The first-order valence-electron chi connectivity index (χ1n) is 6.34. The SMILES string of the molecule is Cc1cc(C(=O)N2CCN(CC(N)=S)CC2)c(C)o1. The fraction of sp³-hybridized carbons (Fsp3) is 0.538. The molecule has 0 aliphatic carbocycles. The number of nitrogens with zero attached hydrogens (tertiary/aromatic N) is 2. The van der Waals surface area contributed by atoms with Crippen LogP contribution in [-0.2, 0) is 0 Å². The number of hydrogen-bond donors (Lipinski definition) is 1. The van der Waals surface area contributed by atoms with Gasteiger partial charge >= 0.3 is 0 Å². The maximum atomic E-state index is 12.4. The molecule has 1 aromatic rings. The molecule has 5 nitrogen and oxygen atoms in total. The highest BCUT2D eigenvalue weighted by Gasteiger charge is 2.24. The Morgan fingerprint density at radius 1 is 1.37 bits per heavy atom. The summed E-state index contributed by atoms with van der Waals surface area (Å²) in [6.07, 6.45) is 0. The second-order valence-electron chi connectivity index (χ2n) is 4.86. The van der Waals surface area contributed by atoms with Gasteiger partial charge in [-0.05, 0) is 19.9 Å². The number of thiocarbonyl (C=S) groups is 1. The van der Waals surface area contributed by atoms with Gasteiger partial charge in [0.15, 0.2) is 0 Å². The number of carbonyl (C=O) groups excluding carboxylic acids is 1. The topological polar surface area (TPSA) is 62.7 Å². The summed E-state index contributed by atoms with van der Waals surface area (Å²) in [4.78, 5) is 16.9. The van der Waals surface area contributed by atoms with Crippen LogP contribution in [0.2, 0.25) is 0 Å². The van der Waals surface area contributed by atoms with Gasteiger partial charge in [-0.1, -0.05) is 12.2 Å². The quantitative estimate of drug-likeness (QED) is 0.836. The van der Waals surface area contributed by atoms with Crippen LogP contribution in [0.3, 0.4) is 0 Å². The molecule has 0 spiro atoms. The summed E-state index contributed by atoms with van der Waals surface area (Å²) in [7, 11) is 0. The monoisotopic (exact) mass is 281 g/mol. The molecule has 2 rings (SSSR count). The van der Waals surface area contributed by atoms with Crippen molar-refractivity contribution in [2.24, 2.45) is 5.73 Å². The second-order valence-corrected chi connectivity index (χ2v) is 5.39. The van der Waals surface area contributed by atoms with Crippen molar-refractivity contribution in [3.05, 3.63) is 23.2 Å². The molecule has 1 saturated heterocycles. The van der Waals surface area contributed by atoms with E-state index in [1.165, 1.54) is 0 Å². The van der Waals surface area contributed by atoms with E-state index in [1.54, 1.807) is 6.07 Å². The molecular formula is C13H19N3O2S. The molecule has 0 radical (unpaired) electrons. The molecule has 6 heteroatoms. The zero-order valence-electron chi connectivity index (χ0n) is 11.3. The Balaban J connectivity index is 1.96. The van der Waals surface area contributed by atoms with Gasteiger partial charge in [-0.25, -0.2) is 0 Å². The van der Waals surface area contributed by atoms with E-state index in [9.17, 15) is 4.79 Å². The molecule has 1 amide bonds. The summed E-state index contributed by atoms with van der Waals surface area (Å²) in [6.45, 7) is 7.31. The lowest BCUT2D eigenvalue weighted by molar-refractivity contribution is 0.0652. The number of aryl methyl sites for hydroxylation is 2. The first-order valence-corrected chi connectivity index (χ1v) is 6.75. The van der Waals surface area contributed by atoms with E-state index in [2.05, 4.69) is 4.90 Å². The van der Waals surface area contributed by atoms with Crippen LogP contribution >= 0.6 is 12.2 Å². The van der Waals surface area contributed by atoms with Crippen LogP contribution in [0.5, 0.6) is 0 Å². The number of hydrogen-bond acceptors (Lipinski definition) is 4. The number of rotatable bonds is 3. The molecule has 1 aromatic heterocycles. The molecular weight excluding hydrogens is 262 g/mol. The van der Waals surface area contributed by atoms with Crippen molar-refractivity contribution in [2.75, 3.05) is 32.7 Å². The van der Waals surface area contributed by atoms with Crippen molar-refractivity contribution < 1.29 is 9.21 Å². The van der Waals surface area contributed by atoms with Crippen molar-refractivity contribution in [1.82, 2.24) is 9.80 Å². The van der Waals surface area contributed by atoms with E-state index in [4.69, 9.17) is 22.4 Å². The van der Waals surface area contributed by atoms with E-state index in [-0.39, 0.29) is 5.91 Å². The highest BCUT2D eigenvalue weighted by Crippen LogP contribution is 2.17. The van der Waals surface area contributed by atoms with Gasteiger partial charge in [0.2, 0.25) is 0 Å². The summed E-state index contributed by atoms with van der Waals surface area (Å²) in [5, 5.41) is 0. The molecule has 0 bridgehead atoms. The summed E-state index contributed by atoms with van der Waals surface area (Å²) >= 11 is 4.90. The molecule has 0 atom stereocenters. The molecule has 1 aliphatic heterocycles. The molecule has 2 N–H and O–H groups in total. The van der Waals surface area contributed by atoms with Crippen LogP contribution in [0.15, 0.2) is 10.5 Å². The van der Waals surface area contributed by atoms with Crippen molar-refractivity contribution in [3.63, 3.8) is 0 Å². The predicted octanol–water partition coefficient (Wildman–Crippen LogP) is 0.940. The Kier molecular flexibility index (Phi) is 4.21. The molecule has 1 aliphatic rings. The number of carbonyl (C=O) groups is 1. The standard InChI is InChI=1S/C13H19N3O2S/c1-9-7-11(10(2)18-9)13(17)16-5-3-15(4-6-16)8-12(14)19/h7H,3-6,8H2,1-2H3,(H2,14,19). The molecule has 0 unspecified atom stereocenters. The molecule has 0 aromatic carbocycles. The smallest absolute Gasteiger partial charge is 0.257 e. The fourth-order valence-electron chi connectivity index (χ4n) is 2.34. The summed E-state index contributed by atoms with van der Waals surface area (Å²) < 4.78 is 5.41. The molecule has 19 heavy (non-hydrogen) atoms. The maximum absolute atomic E-state index is 12.4. The highest BCUT2D eigenvalue weighted by molar-refractivity contribution is 7.80. The van der Waals surface area contributed by atoms with Crippen LogP contribution in [0, 0.1) is 13.8 Å². The van der Waals surface area contributed by atoms with Crippen LogP contribution in [-0.4, -0.2) is 53.4 Å². The van der Waals surface area contributed by atoms with Gasteiger partial charge < -0.3 is 15.1 Å². The number of piperazine rings is 1. The predicted molar refractivity (Wildman–Crippen MR) is 77.3 cm³/mol. The van der Waals surface area contributed by atoms with Gasteiger partial charge in [-0.15, -0.1) is 0 Å². The first-order chi connectivity index (χ1) is 8.97. The Morgan fingerprint density at radius 2 is 2.00 bits per heavy atom. The molecule has 2 heterocycles. The Morgan fingerprint density at radius 3 is 2.47 bits per heavy atom. The lowest BCUT2D eigenvalue weighted by Crippen LogP contribution is -2.50. The van der Waals surface area contributed by atoms with Crippen LogP contribution < -0.4 is 5.73 Å². The van der Waals surface area contributed by atoms with E-state index >= 15 is 0 Å². The third-order valence-electron chi connectivity index (χ3n) is 3.31. The average Bonchev–Trinajstić information content (AvgIpc) is 2.68. The van der Waals surface area contributed by atoms with Gasteiger partial charge in [-0.3, -0.25) is 9.69 Å². The summed E-state index contributed by atoms with van der Waals surface area (Å²) in [6, 6.07) is 1.80. The van der Waals surface area contributed by atoms with E-state index in [0.29, 0.717) is 35.9 Å². The third-order valence-corrected chi connectivity index (χ3v) is 3.44. The van der Waals surface area contributed by atoms with Crippen molar-refractivity contribution in [3.8, 4) is 0 Å². The zero-order chi connectivity index (χ0) is 14.0. The lowest BCUT2D eigenvalue weighted by Gasteiger charge is -2.34. The Bertz CT molecular complexity index is 490. The minimum atomic E-state index is 0.0457. The van der Waals surface area contributed by atoms with Crippen LogP contribution in [0.25, 0.3) is 0 Å². The lowest BCUT2D eigenvalue weighted by atomic mass is 10.2. The molecule has 1 fully saturated rings. The maximum Gasteiger partial charge on any atom is 0.257 e. The number of nitrogens with two attached hydrogens (primary N) is 1. The Labute approximate surface area is 118 Å². The van der Waals surface area contributed by atoms with E-state index < -0.39 is 0 Å². The third kappa shape index (κ3) is 3.33. The van der Waals surface area contributed by atoms with Gasteiger partial charge in [0.25, 0.3) is 5.91 Å². The largest absolute Gasteiger partial charge is 0.466 e.